The molecule has 96 valence electrons. The van der Waals surface area contributed by atoms with Crippen LogP contribution in [0, 0.1) is 17.1 Å². The molecule has 4 nitrogen and oxygen atoms in total. The first-order valence-electron chi connectivity index (χ1n) is 5.65. The van der Waals surface area contributed by atoms with Crippen molar-refractivity contribution in [2.24, 2.45) is 0 Å². The van der Waals surface area contributed by atoms with Gasteiger partial charge >= 0.3 is 0 Å². The minimum atomic E-state index is -0.623. The Morgan fingerprint density at radius 1 is 1.56 bits per heavy atom. The molecule has 0 spiro atoms. The standard InChI is InChI=1S/C13H15FN2O2/c1-9(2)16-13(17)6-7-18-12-5-3-4-11(14)10(12)8-15/h3-5,9H,6-7H2,1-2H3,(H,16,17). The van der Waals surface area contributed by atoms with E-state index < -0.39 is 5.82 Å². The molecular formula is C13H15FN2O2. The van der Waals surface area contributed by atoms with Crippen molar-refractivity contribution in [3.05, 3.63) is 29.6 Å². The van der Waals surface area contributed by atoms with E-state index in [0.29, 0.717) is 0 Å². The summed E-state index contributed by atoms with van der Waals surface area (Å²) in [6.07, 6.45) is 0.166. The van der Waals surface area contributed by atoms with Gasteiger partial charge in [-0.05, 0) is 26.0 Å². The van der Waals surface area contributed by atoms with Crippen LogP contribution in [0.3, 0.4) is 0 Å². The van der Waals surface area contributed by atoms with Gasteiger partial charge in [0, 0.05) is 6.04 Å². The van der Waals surface area contributed by atoms with E-state index in [1.165, 1.54) is 18.2 Å². The first kappa shape index (κ1) is 14.0. The summed E-state index contributed by atoms with van der Waals surface area (Å²) in [5.74, 6) is -0.601. The molecule has 0 aliphatic rings. The van der Waals surface area contributed by atoms with Crippen LogP contribution < -0.4 is 10.1 Å². The first-order valence-corrected chi connectivity index (χ1v) is 5.65. The number of nitrogens with one attached hydrogen (secondary N) is 1. The van der Waals surface area contributed by atoms with Gasteiger partial charge in [-0.3, -0.25) is 4.79 Å². The van der Waals surface area contributed by atoms with Crippen LogP contribution in [0.4, 0.5) is 4.39 Å². The van der Waals surface area contributed by atoms with E-state index in [1.54, 1.807) is 6.07 Å². The molecule has 0 bridgehead atoms. The molecule has 0 radical (unpaired) electrons. The minimum Gasteiger partial charge on any atom is -0.492 e. The lowest BCUT2D eigenvalue weighted by Crippen LogP contribution is -2.31. The molecular weight excluding hydrogens is 235 g/mol. The number of hydrogen-bond acceptors (Lipinski definition) is 3. The van der Waals surface area contributed by atoms with E-state index in [4.69, 9.17) is 10.00 Å². The predicted molar refractivity (Wildman–Crippen MR) is 64.5 cm³/mol. The summed E-state index contributed by atoms with van der Waals surface area (Å²) < 4.78 is 18.5. The van der Waals surface area contributed by atoms with Gasteiger partial charge in [0.2, 0.25) is 5.91 Å². The number of ether oxygens (including phenoxy) is 1. The Balaban J connectivity index is 2.52. The topological polar surface area (TPSA) is 62.1 Å². The fourth-order valence-corrected chi connectivity index (χ4v) is 1.38. The number of nitriles is 1. The molecule has 1 amide bonds. The SMILES string of the molecule is CC(C)NC(=O)CCOc1cccc(F)c1C#N. The van der Waals surface area contributed by atoms with Crippen molar-refractivity contribution in [3.8, 4) is 11.8 Å². The van der Waals surface area contributed by atoms with Gasteiger partial charge in [-0.2, -0.15) is 5.26 Å². The Labute approximate surface area is 105 Å². The lowest BCUT2D eigenvalue weighted by Gasteiger charge is -2.10. The zero-order chi connectivity index (χ0) is 13.5. The molecule has 18 heavy (non-hydrogen) atoms. The van der Waals surface area contributed by atoms with Gasteiger partial charge in [0.15, 0.2) is 0 Å². The van der Waals surface area contributed by atoms with Crippen LogP contribution in [0.2, 0.25) is 0 Å². The van der Waals surface area contributed by atoms with E-state index in [0.717, 1.165) is 0 Å². The molecule has 1 N–H and O–H groups in total. The largest absolute Gasteiger partial charge is 0.492 e. The average molecular weight is 250 g/mol. The highest BCUT2D eigenvalue weighted by molar-refractivity contribution is 5.76. The van der Waals surface area contributed by atoms with Crippen molar-refractivity contribution in [2.75, 3.05) is 6.61 Å². The zero-order valence-corrected chi connectivity index (χ0v) is 10.4. The summed E-state index contributed by atoms with van der Waals surface area (Å²) in [5, 5.41) is 11.5. The lowest BCUT2D eigenvalue weighted by atomic mass is 10.2. The van der Waals surface area contributed by atoms with Gasteiger partial charge in [-0.15, -0.1) is 0 Å². The van der Waals surface area contributed by atoms with Gasteiger partial charge in [-0.1, -0.05) is 6.07 Å². The van der Waals surface area contributed by atoms with Crippen LogP contribution >= 0.6 is 0 Å². The van der Waals surface area contributed by atoms with E-state index >= 15 is 0 Å². The Morgan fingerprint density at radius 3 is 2.89 bits per heavy atom. The monoisotopic (exact) mass is 250 g/mol. The molecule has 5 heteroatoms. The third-order valence-corrected chi connectivity index (χ3v) is 2.12. The van der Waals surface area contributed by atoms with Gasteiger partial charge in [0.1, 0.15) is 23.2 Å². The average Bonchev–Trinajstić information content (AvgIpc) is 2.28. The molecule has 0 heterocycles. The molecule has 0 atom stereocenters. The summed E-state index contributed by atoms with van der Waals surface area (Å²) in [5.41, 5.74) is -0.137. The molecule has 0 fully saturated rings. The fraction of sp³-hybridized carbons (Fsp3) is 0.385. The Hall–Kier alpha value is -2.09. The van der Waals surface area contributed by atoms with Gasteiger partial charge < -0.3 is 10.1 Å². The molecule has 1 aromatic rings. The van der Waals surface area contributed by atoms with Crippen molar-refractivity contribution in [1.29, 1.82) is 5.26 Å². The maximum atomic E-state index is 13.2. The maximum Gasteiger partial charge on any atom is 0.223 e. The second-order valence-electron chi connectivity index (χ2n) is 4.05. The quantitative estimate of drug-likeness (QED) is 0.869. The number of rotatable bonds is 5. The van der Waals surface area contributed by atoms with Crippen LogP contribution in [0.5, 0.6) is 5.75 Å². The summed E-state index contributed by atoms with van der Waals surface area (Å²) >= 11 is 0. The molecule has 0 aliphatic heterocycles. The van der Waals surface area contributed by atoms with Crippen LogP contribution in [-0.2, 0) is 4.79 Å². The fourth-order valence-electron chi connectivity index (χ4n) is 1.38. The van der Waals surface area contributed by atoms with Crippen molar-refractivity contribution in [2.45, 2.75) is 26.3 Å². The number of nitrogens with zero attached hydrogens (tertiary/aromatic N) is 1. The number of benzene rings is 1. The molecule has 1 aromatic carbocycles. The third kappa shape index (κ3) is 4.06. The number of halogens is 1. The predicted octanol–water partition coefficient (Wildman–Crippen LogP) is 1.99. The second-order valence-corrected chi connectivity index (χ2v) is 4.05. The highest BCUT2D eigenvalue weighted by atomic mass is 19.1. The van der Waals surface area contributed by atoms with E-state index in [2.05, 4.69) is 5.32 Å². The lowest BCUT2D eigenvalue weighted by molar-refractivity contribution is -0.122. The van der Waals surface area contributed by atoms with E-state index in [9.17, 15) is 9.18 Å². The van der Waals surface area contributed by atoms with Gasteiger partial charge in [0.05, 0.1) is 13.0 Å². The van der Waals surface area contributed by atoms with Gasteiger partial charge in [0.25, 0.3) is 0 Å². The van der Waals surface area contributed by atoms with Crippen molar-refractivity contribution in [3.63, 3.8) is 0 Å². The first-order chi connectivity index (χ1) is 8.54. The summed E-state index contributed by atoms with van der Waals surface area (Å²) in [6, 6.07) is 5.96. The minimum absolute atomic E-state index is 0.0707. The number of hydrogen-bond donors (Lipinski definition) is 1. The second kappa shape index (κ2) is 6.60. The number of carbonyl (C=O) groups excluding carboxylic acids is 1. The van der Waals surface area contributed by atoms with Crippen molar-refractivity contribution in [1.82, 2.24) is 5.32 Å². The molecule has 0 unspecified atom stereocenters. The highest BCUT2D eigenvalue weighted by Crippen LogP contribution is 2.20. The van der Waals surface area contributed by atoms with Crippen molar-refractivity contribution < 1.29 is 13.9 Å². The number of amides is 1. The maximum absolute atomic E-state index is 13.2. The molecule has 0 aromatic heterocycles. The van der Waals surface area contributed by atoms with Crippen LogP contribution in [0.25, 0.3) is 0 Å². The molecule has 0 saturated carbocycles. The van der Waals surface area contributed by atoms with Gasteiger partial charge in [-0.25, -0.2) is 4.39 Å². The summed E-state index contributed by atoms with van der Waals surface area (Å²) in [4.78, 5) is 11.3. The summed E-state index contributed by atoms with van der Waals surface area (Å²) in [7, 11) is 0. The Morgan fingerprint density at radius 2 is 2.28 bits per heavy atom. The Kier molecular flexibility index (Phi) is 5.12. The number of carbonyl (C=O) groups is 1. The van der Waals surface area contributed by atoms with Crippen LogP contribution in [0.1, 0.15) is 25.8 Å². The van der Waals surface area contributed by atoms with E-state index in [1.807, 2.05) is 13.8 Å². The normalized spacial score (nSPS) is 9.94. The van der Waals surface area contributed by atoms with Crippen LogP contribution in [0.15, 0.2) is 18.2 Å². The van der Waals surface area contributed by atoms with Crippen molar-refractivity contribution >= 4 is 5.91 Å². The van der Waals surface area contributed by atoms with Crippen LogP contribution in [-0.4, -0.2) is 18.6 Å². The summed E-state index contributed by atoms with van der Waals surface area (Å²) in [6.45, 7) is 3.83. The zero-order valence-electron chi connectivity index (χ0n) is 10.4. The molecule has 0 saturated heterocycles. The molecule has 1 rings (SSSR count). The molecule has 0 aliphatic carbocycles. The highest BCUT2D eigenvalue weighted by Gasteiger charge is 2.09. The van der Waals surface area contributed by atoms with E-state index in [-0.39, 0.29) is 36.3 Å². The smallest absolute Gasteiger partial charge is 0.223 e. The third-order valence-electron chi connectivity index (χ3n) is 2.12. The Bertz CT molecular complexity index is 467.